The molecule has 9 heterocycles. The van der Waals surface area contributed by atoms with Gasteiger partial charge in [0.25, 0.3) is 0 Å². The molecule has 23 nitrogen and oxygen atoms in total. The number of hydrogen-bond acceptors (Lipinski definition) is 22. The zero-order chi connectivity index (χ0) is 29.8. The molecule has 232 valence electrons. The van der Waals surface area contributed by atoms with Crippen molar-refractivity contribution in [2.75, 3.05) is 6.54 Å². The number of rotatable bonds is 4. The summed E-state index contributed by atoms with van der Waals surface area (Å²) >= 11 is 0. The summed E-state index contributed by atoms with van der Waals surface area (Å²) in [5, 5.41) is 44.6. The third-order valence-electron chi connectivity index (χ3n) is 7.32. The van der Waals surface area contributed by atoms with Crippen LogP contribution in [0.15, 0.2) is 12.2 Å². The molecule has 9 aliphatic heterocycles. The van der Waals surface area contributed by atoms with Crippen LogP contribution in [-0.2, 0) is 63.7 Å². The minimum absolute atomic E-state index is 0.0378. The number of carbonyl (C=O) groups excluding carboxylic acids is 2. The van der Waals surface area contributed by atoms with Gasteiger partial charge in [0.2, 0.25) is 11.8 Å². The lowest BCUT2D eigenvalue weighted by Gasteiger charge is -2.57. The van der Waals surface area contributed by atoms with Crippen molar-refractivity contribution < 1.29 is 63.7 Å². The summed E-state index contributed by atoms with van der Waals surface area (Å²) in [6.07, 6.45) is 2.71. The van der Waals surface area contributed by atoms with Gasteiger partial charge >= 0.3 is 71.6 Å². The first-order chi connectivity index (χ1) is 19.4. The van der Waals surface area contributed by atoms with Crippen molar-refractivity contribution in [1.29, 1.82) is 0 Å². The third-order valence-corrected chi connectivity index (χ3v) is 35.9. The van der Waals surface area contributed by atoms with Crippen molar-refractivity contribution in [3.05, 3.63) is 12.2 Å². The second kappa shape index (κ2) is 8.58. The van der Waals surface area contributed by atoms with Crippen LogP contribution in [0.4, 0.5) is 0 Å². The molecule has 8 saturated heterocycles. The normalized spacial score (nSPS) is 59.1. The fourth-order valence-electron chi connectivity index (χ4n) is 6.13. The van der Waals surface area contributed by atoms with E-state index in [1.54, 1.807) is 12.2 Å². The number of fused-ring (bicyclic) bond motifs is 5. The second-order valence-corrected chi connectivity index (χ2v) is 30.7. The number of carbonyl (C=O) groups is 2. The van der Waals surface area contributed by atoms with Gasteiger partial charge < -0.3 is 54.1 Å². The molecule has 0 aromatic rings. The highest BCUT2D eigenvalue weighted by molar-refractivity contribution is 7.00. The number of hydrogen-bond donors (Lipinski definition) is 7. The number of nitrogens with two attached hydrogens (primary N) is 7. The van der Waals surface area contributed by atoms with E-state index in [4.69, 9.17) is 91.9 Å². The van der Waals surface area contributed by atoms with Crippen LogP contribution >= 0.6 is 0 Å². The SMILES string of the molecule is N[Si]12O[Si]3(N)O[Si]4(N)O[Si](N)(O1)O[Si]1(N)O[Si](N)(O2)O[Si](N)(O3)O[Si](CCCN2C(=O)C3C5C=CC(O5)C3C2=O)(O4)O1. The van der Waals surface area contributed by atoms with E-state index in [9.17, 15) is 9.59 Å². The van der Waals surface area contributed by atoms with Crippen molar-refractivity contribution in [2.24, 2.45) is 49.6 Å². The molecule has 42 heavy (non-hydrogen) atoms. The second-order valence-electron chi connectivity index (χ2n) is 10.6. The summed E-state index contributed by atoms with van der Waals surface area (Å²) in [5.74, 6) is -1.91. The Bertz CT molecular complexity index is 1180. The van der Waals surface area contributed by atoms with E-state index in [1.807, 2.05) is 0 Å². The van der Waals surface area contributed by atoms with Crippen molar-refractivity contribution in [3.8, 4) is 0 Å². The van der Waals surface area contributed by atoms with E-state index in [0.717, 1.165) is 4.90 Å². The zero-order valence-electron chi connectivity index (χ0n) is 21.2. The maximum absolute atomic E-state index is 13.2. The van der Waals surface area contributed by atoms with Gasteiger partial charge in [-0.3, -0.25) is 52.3 Å². The largest absolute Gasteiger partial charge is 0.574 e. The Labute approximate surface area is 244 Å². The molecule has 10 bridgehead atoms. The van der Waals surface area contributed by atoms with E-state index >= 15 is 0 Å². The van der Waals surface area contributed by atoms with Crippen LogP contribution in [0.25, 0.3) is 0 Å². The monoisotopic (exact) mass is 734 g/mol. The molecule has 4 unspecified atom stereocenters. The first kappa shape index (κ1) is 29.2. The Morgan fingerprint density at radius 2 is 0.857 bits per heavy atom. The van der Waals surface area contributed by atoms with Gasteiger partial charge in [-0.25, -0.2) is 0 Å². The lowest BCUT2D eigenvalue weighted by Crippen LogP contribution is -2.95. The van der Waals surface area contributed by atoms with E-state index in [1.165, 1.54) is 0 Å². The predicted molar refractivity (Wildman–Crippen MR) is 139 cm³/mol. The fourth-order valence-corrected chi connectivity index (χ4v) is 40.4. The smallest absolute Gasteiger partial charge is 0.365 e. The zero-order valence-corrected chi connectivity index (χ0v) is 29.2. The molecule has 0 radical (unpaired) electrons. The number of nitrogens with zero attached hydrogens (tertiary/aromatic N) is 1. The molecule has 0 aliphatic carbocycles. The molecular formula is C11H26N8O15Si8. The van der Waals surface area contributed by atoms with Crippen molar-refractivity contribution in [1.82, 2.24) is 4.90 Å². The molecule has 0 aromatic carbocycles. The number of amides is 2. The van der Waals surface area contributed by atoms with Crippen LogP contribution in [-0.4, -0.2) is 107 Å². The molecule has 9 rings (SSSR count). The van der Waals surface area contributed by atoms with Gasteiger partial charge in [-0.1, -0.05) is 12.2 Å². The standard InChI is InChI=1S/C11H26N8O15Si8/c12-36-23-35(5-1-4-19-10(20)8-6-2-3-7(22-6)9(8)11(19)21)24-37(13)28-39(15,26-36)32-42(18)33-40(16,27-36)29-38(14,25-35)31-41(17,30-37)34-42/h2-3,6-9H,1,4-5,12-18H2. The molecule has 0 saturated carbocycles. The molecule has 9 aliphatic rings. The van der Waals surface area contributed by atoms with Gasteiger partial charge in [0, 0.05) is 12.6 Å². The molecule has 0 aromatic heterocycles. The molecule has 8 fully saturated rings. The molecule has 4 atom stereocenters. The topological polar surface area (TPSA) is 340 Å². The highest BCUT2D eigenvalue weighted by Crippen LogP contribution is 2.46. The summed E-state index contributed by atoms with van der Waals surface area (Å²) in [6.45, 7) is -0.0607. The molecular weight excluding hydrogens is 709 g/mol. The van der Waals surface area contributed by atoms with Crippen LogP contribution in [0.3, 0.4) is 0 Å². The molecule has 2 amide bonds. The maximum atomic E-state index is 13.2. The third kappa shape index (κ3) is 4.47. The van der Waals surface area contributed by atoms with Gasteiger partial charge in [-0.2, -0.15) is 0 Å². The predicted octanol–water partition coefficient (Wildman–Crippen LogP) is -7.72. The van der Waals surface area contributed by atoms with Gasteiger partial charge in [0.15, 0.2) is 0 Å². The number of ether oxygens (including phenoxy) is 1. The van der Waals surface area contributed by atoms with Crippen LogP contribution in [0.2, 0.25) is 6.04 Å². The molecule has 0 spiro atoms. The summed E-state index contributed by atoms with van der Waals surface area (Å²) < 4.78 is 76.5. The first-order valence-electron chi connectivity index (χ1n) is 12.5. The van der Waals surface area contributed by atoms with Gasteiger partial charge in [-0.15, -0.1) is 0 Å². The average molecular weight is 735 g/mol. The Morgan fingerprint density at radius 3 is 1.19 bits per heavy atom. The Kier molecular flexibility index (Phi) is 5.98. The summed E-state index contributed by atoms with van der Waals surface area (Å²) in [4.78, 5) is 27.5. The van der Waals surface area contributed by atoms with Gasteiger partial charge in [0.1, 0.15) is 0 Å². The summed E-state index contributed by atoms with van der Waals surface area (Å²) in [7, 11) is -36.9. The molecule has 31 heteroatoms. The van der Waals surface area contributed by atoms with Crippen molar-refractivity contribution >= 4 is 83.4 Å². The van der Waals surface area contributed by atoms with E-state index < -0.39 is 95.6 Å². The fraction of sp³-hybridized carbons (Fsp3) is 0.636. The van der Waals surface area contributed by atoms with Crippen LogP contribution in [0.5, 0.6) is 0 Å². The lowest BCUT2D eigenvalue weighted by atomic mass is 9.85. The Morgan fingerprint density at radius 1 is 0.548 bits per heavy atom. The van der Waals surface area contributed by atoms with Crippen LogP contribution in [0, 0.1) is 11.8 Å². The highest BCUT2D eigenvalue weighted by Gasteiger charge is 2.82. The van der Waals surface area contributed by atoms with E-state index in [-0.39, 0.29) is 30.8 Å². The average Bonchev–Trinajstić information content (AvgIpc) is 3.41. The minimum atomic E-state index is -4.65. The minimum Gasteiger partial charge on any atom is -0.365 e. The Balaban J connectivity index is 1.15. The van der Waals surface area contributed by atoms with Gasteiger partial charge in [0.05, 0.1) is 24.0 Å². The maximum Gasteiger partial charge on any atom is 0.574 e. The van der Waals surface area contributed by atoms with Crippen molar-refractivity contribution in [3.63, 3.8) is 0 Å². The van der Waals surface area contributed by atoms with Gasteiger partial charge in [-0.05, 0) is 6.42 Å². The lowest BCUT2D eigenvalue weighted by molar-refractivity contribution is -0.142. The quantitative estimate of drug-likeness (QED) is 0.0801. The Hall–Kier alpha value is -0.185. The van der Waals surface area contributed by atoms with E-state index in [0.29, 0.717) is 0 Å². The van der Waals surface area contributed by atoms with Crippen LogP contribution in [0.1, 0.15) is 6.42 Å². The molecule has 14 N–H and O–H groups in total. The van der Waals surface area contributed by atoms with Crippen molar-refractivity contribution in [2.45, 2.75) is 24.7 Å². The summed E-state index contributed by atoms with van der Waals surface area (Å²) in [5.41, 5.74) is 0. The van der Waals surface area contributed by atoms with Crippen LogP contribution < -0.4 is 37.8 Å². The number of imide groups is 1. The first-order valence-corrected chi connectivity index (χ1v) is 27.0. The highest BCUT2D eigenvalue weighted by atomic mass is 28.6. The number of likely N-dealkylation sites (tertiary alicyclic amines) is 1. The summed E-state index contributed by atoms with van der Waals surface area (Å²) in [6, 6.07) is -0.202. The van der Waals surface area contributed by atoms with E-state index in [2.05, 4.69) is 0 Å².